The second kappa shape index (κ2) is 11.3. The smallest absolute Gasteiger partial charge is 0.342 e. The number of hydrogen-bond acceptors (Lipinski definition) is 7. The van der Waals surface area contributed by atoms with Crippen molar-refractivity contribution in [2.75, 3.05) is 64.4 Å². The van der Waals surface area contributed by atoms with Gasteiger partial charge in [-0.05, 0) is 57.2 Å². The summed E-state index contributed by atoms with van der Waals surface area (Å²) < 4.78 is 40.7. The molecule has 0 bridgehead atoms. The highest BCUT2D eigenvalue weighted by Crippen LogP contribution is 2.41. The van der Waals surface area contributed by atoms with Gasteiger partial charge in [-0.25, -0.2) is 0 Å². The number of likely N-dealkylation sites (tertiary alicyclic amines) is 1. The third kappa shape index (κ3) is 5.35. The van der Waals surface area contributed by atoms with Gasteiger partial charge in [0, 0.05) is 56.9 Å². The number of para-hydroxylation sites is 1. The highest BCUT2D eigenvalue weighted by atomic mass is 19.4. The SMILES string of the molecule is CN1CCN(C(=O)CN2CN(c3ccccc3)C3(CCN(C(=O)C4CCC5NNCC5C4)CC3)C2=O)C[C@@H]1C(F)(F)F. The Morgan fingerprint density at radius 3 is 2.48 bits per heavy atom. The highest BCUT2D eigenvalue weighted by molar-refractivity contribution is 5.96. The molecule has 6 rings (SSSR count). The molecule has 2 N–H and O–H groups in total. The van der Waals surface area contributed by atoms with E-state index in [9.17, 15) is 27.6 Å². The maximum Gasteiger partial charge on any atom is 0.405 e. The number of nitrogens with one attached hydrogen (secondary N) is 2. The number of alkyl halides is 3. The largest absolute Gasteiger partial charge is 0.405 e. The first-order valence-corrected chi connectivity index (χ1v) is 15.0. The van der Waals surface area contributed by atoms with Crippen LogP contribution in [0, 0.1) is 11.8 Å². The van der Waals surface area contributed by atoms with E-state index in [1.807, 2.05) is 40.1 Å². The Hall–Kier alpha value is -2.90. The van der Waals surface area contributed by atoms with Crippen LogP contribution >= 0.6 is 0 Å². The number of halogens is 3. The number of amides is 3. The van der Waals surface area contributed by atoms with Crippen LogP contribution in [0.3, 0.4) is 0 Å². The van der Waals surface area contributed by atoms with Crippen LogP contribution < -0.4 is 15.8 Å². The van der Waals surface area contributed by atoms with Crippen LogP contribution in [0.1, 0.15) is 32.1 Å². The fourth-order valence-corrected chi connectivity index (χ4v) is 7.62. The number of piperidine rings is 1. The number of piperazine rings is 1. The number of benzene rings is 1. The Morgan fingerprint density at radius 2 is 1.76 bits per heavy atom. The molecule has 5 fully saturated rings. The summed E-state index contributed by atoms with van der Waals surface area (Å²) in [6, 6.07) is 8.23. The molecular formula is C29H40F3N7O3. The van der Waals surface area contributed by atoms with Gasteiger partial charge in [-0.2, -0.15) is 13.2 Å². The number of carbonyl (C=O) groups excluding carboxylic acids is 3. The number of nitrogens with zero attached hydrogens (tertiary/aromatic N) is 5. The summed E-state index contributed by atoms with van der Waals surface area (Å²) in [6.45, 7) is 1.52. The van der Waals surface area contributed by atoms with E-state index in [2.05, 4.69) is 10.9 Å². The summed E-state index contributed by atoms with van der Waals surface area (Å²) in [5.74, 6) is -0.0728. The molecule has 0 aromatic heterocycles. The van der Waals surface area contributed by atoms with Gasteiger partial charge in [0.2, 0.25) is 11.8 Å². The van der Waals surface area contributed by atoms with Crippen LogP contribution in [0.15, 0.2) is 30.3 Å². The monoisotopic (exact) mass is 591 g/mol. The van der Waals surface area contributed by atoms with E-state index in [0.29, 0.717) is 37.9 Å². The molecule has 1 aliphatic carbocycles. The molecule has 4 atom stereocenters. The van der Waals surface area contributed by atoms with E-state index in [-0.39, 0.29) is 44.0 Å². The average Bonchev–Trinajstić information content (AvgIpc) is 3.56. The lowest BCUT2D eigenvalue weighted by atomic mass is 9.77. The molecule has 3 unspecified atom stereocenters. The van der Waals surface area contributed by atoms with Gasteiger partial charge in [0.05, 0.1) is 6.67 Å². The zero-order valence-electron chi connectivity index (χ0n) is 24.0. The first kappa shape index (κ1) is 29.2. The number of fused-ring (bicyclic) bond motifs is 1. The summed E-state index contributed by atoms with van der Waals surface area (Å²) in [7, 11) is 1.41. The Morgan fingerprint density at radius 1 is 1.02 bits per heavy atom. The van der Waals surface area contributed by atoms with Gasteiger partial charge < -0.3 is 19.6 Å². The van der Waals surface area contributed by atoms with Crippen molar-refractivity contribution in [1.29, 1.82) is 0 Å². The molecule has 4 saturated heterocycles. The van der Waals surface area contributed by atoms with Gasteiger partial charge in [-0.15, -0.1) is 0 Å². The second-order valence-corrected chi connectivity index (χ2v) is 12.5. The van der Waals surface area contributed by atoms with Crippen LogP contribution in [0.25, 0.3) is 0 Å². The summed E-state index contributed by atoms with van der Waals surface area (Å²) in [5, 5.41) is 0. The van der Waals surface area contributed by atoms with Crippen molar-refractivity contribution >= 4 is 23.4 Å². The molecule has 1 spiro atoms. The molecule has 230 valence electrons. The van der Waals surface area contributed by atoms with E-state index in [0.717, 1.165) is 31.5 Å². The summed E-state index contributed by atoms with van der Waals surface area (Å²) in [6.07, 6.45) is -0.902. The molecule has 1 aromatic rings. The molecule has 13 heteroatoms. The van der Waals surface area contributed by atoms with Crippen molar-refractivity contribution < 1.29 is 27.6 Å². The van der Waals surface area contributed by atoms with E-state index >= 15 is 0 Å². The number of hydrazine groups is 1. The predicted molar refractivity (Wildman–Crippen MR) is 149 cm³/mol. The third-order valence-electron chi connectivity index (χ3n) is 10.2. The van der Waals surface area contributed by atoms with Gasteiger partial charge in [0.15, 0.2) is 0 Å². The molecular weight excluding hydrogens is 551 g/mol. The Bertz CT molecular complexity index is 1180. The topological polar surface area (TPSA) is 91.5 Å². The number of likely N-dealkylation sites (N-methyl/N-ethyl adjacent to an activating group) is 1. The van der Waals surface area contributed by atoms with Crippen LogP contribution in [0.2, 0.25) is 0 Å². The zero-order chi connectivity index (χ0) is 29.6. The van der Waals surface area contributed by atoms with Crippen molar-refractivity contribution in [3.8, 4) is 0 Å². The summed E-state index contributed by atoms with van der Waals surface area (Å²) >= 11 is 0. The van der Waals surface area contributed by atoms with Crippen LogP contribution in [-0.2, 0) is 14.4 Å². The minimum atomic E-state index is -4.44. The van der Waals surface area contributed by atoms with E-state index in [1.54, 1.807) is 0 Å². The lowest BCUT2D eigenvalue weighted by Gasteiger charge is -2.44. The molecule has 1 aromatic carbocycles. The first-order chi connectivity index (χ1) is 20.1. The highest BCUT2D eigenvalue weighted by Gasteiger charge is 2.55. The van der Waals surface area contributed by atoms with Gasteiger partial charge in [0.1, 0.15) is 18.1 Å². The first-order valence-electron chi connectivity index (χ1n) is 15.0. The normalized spacial score (nSPS) is 30.2. The van der Waals surface area contributed by atoms with Crippen molar-refractivity contribution in [1.82, 2.24) is 30.5 Å². The fraction of sp³-hybridized carbons (Fsp3) is 0.690. The van der Waals surface area contributed by atoms with Gasteiger partial charge >= 0.3 is 6.18 Å². The maximum atomic E-state index is 14.1. The fourth-order valence-electron chi connectivity index (χ4n) is 7.62. The Kier molecular flexibility index (Phi) is 7.86. The quantitative estimate of drug-likeness (QED) is 0.545. The maximum absolute atomic E-state index is 14.1. The van der Waals surface area contributed by atoms with Crippen molar-refractivity contribution in [2.45, 2.75) is 55.9 Å². The van der Waals surface area contributed by atoms with Crippen molar-refractivity contribution in [3.63, 3.8) is 0 Å². The number of hydrogen-bond donors (Lipinski definition) is 2. The Labute approximate surface area is 244 Å². The van der Waals surface area contributed by atoms with Gasteiger partial charge in [0.25, 0.3) is 5.91 Å². The van der Waals surface area contributed by atoms with Crippen molar-refractivity contribution in [3.05, 3.63) is 30.3 Å². The summed E-state index contributed by atoms with van der Waals surface area (Å²) in [5.41, 5.74) is 6.45. The molecule has 5 aliphatic rings. The van der Waals surface area contributed by atoms with E-state index < -0.39 is 30.2 Å². The van der Waals surface area contributed by atoms with Gasteiger partial charge in [-0.1, -0.05) is 18.2 Å². The molecule has 4 aliphatic heterocycles. The van der Waals surface area contributed by atoms with Gasteiger partial charge in [-0.3, -0.25) is 30.1 Å². The average molecular weight is 592 g/mol. The van der Waals surface area contributed by atoms with Crippen LogP contribution in [0.4, 0.5) is 18.9 Å². The predicted octanol–water partition coefficient (Wildman–Crippen LogP) is 1.25. The van der Waals surface area contributed by atoms with Crippen LogP contribution in [0.5, 0.6) is 0 Å². The molecule has 1 saturated carbocycles. The second-order valence-electron chi connectivity index (χ2n) is 12.5. The van der Waals surface area contributed by atoms with Crippen molar-refractivity contribution in [2.24, 2.45) is 11.8 Å². The van der Waals surface area contributed by atoms with Crippen LogP contribution in [-0.4, -0.2) is 121 Å². The lowest BCUT2D eigenvalue weighted by Crippen LogP contribution is -2.60. The van der Waals surface area contributed by atoms with E-state index in [1.165, 1.54) is 21.7 Å². The Balaban J connectivity index is 1.15. The molecule has 4 heterocycles. The molecule has 3 amide bonds. The zero-order valence-corrected chi connectivity index (χ0v) is 24.0. The third-order valence-corrected chi connectivity index (χ3v) is 10.2. The molecule has 10 nitrogen and oxygen atoms in total. The number of carbonyl (C=O) groups is 3. The minimum absolute atomic E-state index is 0.00950. The number of anilines is 1. The minimum Gasteiger partial charge on any atom is -0.342 e. The lowest BCUT2D eigenvalue weighted by molar-refractivity contribution is -0.194. The molecule has 0 radical (unpaired) electrons. The van der Waals surface area contributed by atoms with E-state index in [4.69, 9.17) is 0 Å². The summed E-state index contributed by atoms with van der Waals surface area (Å²) in [4.78, 5) is 48.7. The standard InChI is InChI=1S/C29H40F3N7O3/c1-35-13-14-37(17-24(35)29(30,31)32)25(40)18-38-19-39(22-5-3-2-4-6-22)28(27(38)42)9-11-36(12-10-28)26(41)20-7-8-23-21(15-20)16-33-34-23/h2-6,20-21,23-24,33-34H,7-19H2,1H3/t20?,21?,23?,24-/m1/s1. The number of rotatable bonds is 4. The molecule has 42 heavy (non-hydrogen) atoms.